The molecule has 3 rings (SSSR count). The smallest absolute Gasteiger partial charge is 0.310 e. The van der Waals surface area contributed by atoms with Crippen molar-refractivity contribution in [2.75, 3.05) is 32.8 Å². The number of sulfonamides is 1. The fraction of sp³-hybridized carbons (Fsp3) is 0.429. The first-order valence-electron chi connectivity index (χ1n) is 10.00. The molecular weight excluding hydrogens is 406 g/mol. The van der Waals surface area contributed by atoms with E-state index in [9.17, 15) is 18.5 Å². The molecule has 1 N–H and O–H groups in total. The molecule has 1 unspecified atom stereocenters. The summed E-state index contributed by atoms with van der Waals surface area (Å²) in [5.41, 5.74) is 0.972. The van der Waals surface area contributed by atoms with Crippen LogP contribution in [0.4, 0.5) is 5.69 Å². The van der Waals surface area contributed by atoms with E-state index in [0.717, 1.165) is 31.5 Å². The van der Waals surface area contributed by atoms with E-state index in [-0.39, 0.29) is 22.3 Å². The van der Waals surface area contributed by atoms with E-state index in [2.05, 4.69) is 9.62 Å². The monoisotopic (exact) mass is 433 g/mol. The Morgan fingerprint density at radius 1 is 1.20 bits per heavy atom. The second-order valence-corrected chi connectivity index (χ2v) is 9.31. The van der Waals surface area contributed by atoms with Gasteiger partial charge in [-0.3, -0.25) is 15.0 Å². The summed E-state index contributed by atoms with van der Waals surface area (Å²) >= 11 is 0. The number of nitrogens with zero attached hydrogens (tertiary/aromatic N) is 2. The molecule has 0 aromatic heterocycles. The van der Waals surface area contributed by atoms with Crippen molar-refractivity contribution in [3.63, 3.8) is 0 Å². The van der Waals surface area contributed by atoms with Gasteiger partial charge in [0.05, 0.1) is 9.82 Å². The van der Waals surface area contributed by atoms with E-state index in [4.69, 9.17) is 4.74 Å². The molecule has 0 spiro atoms. The molecule has 1 fully saturated rings. The number of nitro groups is 1. The molecule has 0 amide bonds. The lowest BCUT2D eigenvalue weighted by atomic mass is 9.98. The first-order valence-corrected chi connectivity index (χ1v) is 11.5. The molecule has 0 aliphatic carbocycles. The number of para-hydroxylation sites is 2. The lowest BCUT2D eigenvalue weighted by molar-refractivity contribution is -0.385. The Labute approximate surface area is 177 Å². The molecule has 162 valence electrons. The van der Waals surface area contributed by atoms with Crippen LogP contribution < -0.4 is 9.46 Å². The molecular formula is C21H27N3O5S. The predicted molar refractivity (Wildman–Crippen MR) is 114 cm³/mol. The minimum atomic E-state index is -3.52. The third-order valence-corrected chi connectivity index (χ3v) is 6.66. The Bertz CT molecular complexity index is 963. The zero-order chi connectivity index (χ0) is 21.6. The maximum atomic E-state index is 12.5. The number of piperidine rings is 1. The predicted octanol–water partition coefficient (Wildman–Crippen LogP) is 2.97. The molecule has 0 radical (unpaired) electrons. The van der Waals surface area contributed by atoms with Crippen LogP contribution in [-0.4, -0.2) is 51.0 Å². The van der Waals surface area contributed by atoms with Gasteiger partial charge in [-0.15, -0.1) is 0 Å². The highest BCUT2D eigenvalue weighted by Crippen LogP contribution is 2.26. The molecule has 2 aromatic rings. The Morgan fingerprint density at radius 2 is 1.93 bits per heavy atom. The molecule has 30 heavy (non-hydrogen) atoms. The Morgan fingerprint density at radius 3 is 2.67 bits per heavy atom. The number of ether oxygens (including phenoxy) is 1. The van der Waals surface area contributed by atoms with E-state index in [1.807, 2.05) is 6.92 Å². The fourth-order valence-electron chi connectivity index (χ4n) is 3.56. The van der Waals surface area contributed by atoms with Gasteiger partial charge in [0.2, 0.25) is 10.0 Å². The van der Waals surface area contributed by atoms with E-state index in [1.165, 1.54) is 6.07 Å². The minimum absolute atomic E-state index is 0.0421. The van der Waals surface area contributed by atoms with Crippen molar-refractivity contribution < 1.29 is 18.1 Å². The van der Waals surface area contributed by atoms with Crippen molar-refractivity contribution in [2.45, 2.75) is 24.7 Å². The molecule has 2 aromatic carbocycles. The summed E-state index contributed by atoms with van der Waals surface area (Å²) < 4.78 is 33.3. The van der Waals surface area contributed by atoms with Gasteiger partial charge in [-0.25, -0.2) is 13.1 Å². The third kappa shape index (κ3) is 6.01. The summed E-state index contributed by atoms with van der Waals surface area (Å²) in [6, 6.07) is 13.1. The van der Waals surface area contributed by atoms with E-state index in [1.54, 1.807) is 42.5 Å². The van der Waals surface area contributed by atoms with Gasteiger partial charge in [-0.05, 0) is 50.4 Å². The van der Waals surface area contributed by atoms with Gasteiger partial charge in [-0.1, -0.05) is 29.8 Å². The molecule has 1 aliphatic rings. The van der Waals surface area contributed by atoms with Crippen LogP contribution in [0.15, 0.2) is 53.4 Å². The number of nitrogens with one attached hydrogen (secondary N) is 1. The largest absolute Gasteiger partial charge is 0.485 e. The minimum Gasteiger partial charge on any atom is -0.485 e. The molecule has 9 heteroatoms. The van der Waals surface area contributed by atoms with Gasteiger partial charge in [-0.2, -0.15) is 0 Å². The van der Waals surface area contributed by atoms with Crippen LogP contribution in [0, 0.1) is 23.0 Å². The van der Waals surface area contributed by atoms with Gasteiger partial charge in [0.15, 0.2) is 5.75 Å². The van der Waals surface area contributed by atoms with Crippen molar-refractivity contribution in [3.05, 3.63) is 64.2 Å². The van der Waals surface area contributed by atoms with Gasteiger partial charge >= 0.3 is 5.69 Å². The number of aryl methyl sites for hydroxylation is 1. The zero-order valence-electron chi connectivity index (χ0n) is 17.0. The number of nitro benzene ring substituents is 1. The summed E-state index contributed by atoms with van der Waals surface area (Å²) in [5.74, 6) is 0.479. The van der Waals surface area contributed by atoms with E-state index < -0.39 is 14.9 Å². The number of likely N-dealkylation sites (tertiary alicyclic amines) is 1. The first-order chi connectivity index (χ1) is 14.3. The van der Waals surface area contributed by atoms with Gasteiger partial charge < -0.3 is 4.74 Å². The highest BCUT2D eigenvalue weighted by molar-refractivity contribution is 7.89. The van der Waals surface area contributed by atoms with Gasteiger partial charge in [0.1, 0.15) is 6.61 Å². The van der Waals surface area contributed by atoms with Crippen molar-refractivity contribution in [2.24, 2.45) is 5.92 Å². The quantitative estimate of drug-likeness (QED) is 0.482. The summed E-state index contributed by atoms with van der Waals surface area (Å²) in [7, 11) is -3.52. The Balaban J connectivity index is 1.47. The van der Waals surface area contributed by atoms with Crippen LogP contribution >= 0.6 is 0 Å². The highest BCUT2D eigenvalue weighted by Gasteiger charge is 2.23. The van der Waals surface area contributed by atoms with Crippen LogP contribution in [0.3, 0.4) is 0 Å². The molecule has 0 bridgehead atoms. The van der Waals surface area contributed by atoms with Crippen LogP contribution in [0.25, 0.3) is 0 Å². The molecule has 0 saturated carbocycles. The second kappa shape index (κ2) is 10.0. The van der Waals surface area contributed by atoms with Gasteiger partial charge in [0, 0.05) is 25.7 Å². The van der Waals surface area contributed by atoms with Crippen LogP contribution in [-0.2, 0) is 10.0 Å². The topological polar surface area (TPSA) is 102 Å². The van der Waals surface area contributed by atoms with Gasteiger partial charge in [0.25, 0.3) is 0 Å². The number of benzene rings is 2. The molecule has 1 aliphatic heterocycles. The Hall–Kier alpha value is -2.49. The molecule has 1 saturated heterocycles. The summed E-state index contributed by atoms with van der Waals surface area (Å²) in [4.78, 5) is 13.1. The van der Waals surface area contributed by atoms with Crippen molar-refractivity contribution >= 4 is 15.7 Å². The summed E-state index contributed by atoms with van der Waals surface area (Å²) in [6.07, 6.45) is 1.93. The van der Waals surface area contributed by atoms with Crippen molar-refractivity contribution in [1.82, 2.24) is 9.62 Å². The molecule has 1 atom stereocenters. The lowest BCUT2D eigenvalue weighted by Crippen LogP contribution is -2.42. The van der Waals surface area contributed by atoms with Crippen LogP contribution in [0.1, 0.15) is 18.4 Å². The van der Waals surface area contributed by atoms with Crippen LogP contribution in [0.5, 0.6) is 5.75 Å². The lowest BCUT2D eigenvalue weighted by Gasteiger charge is -2.32. The normalized spacial score (nSPS) is 17.6. The Kier molecular flexibility index (Phi) is 7.41. The maximum Gasteiger partial charge on any atom is 0.310 e. The second-order valence-electron chi connectivity index (χ2n) is 7.55. The van der Waals surface area contributed by atoms with Crippen molar-refractivity contribution in [1.29, 1.82) is 0 Å². The number of hydrogen-bond acceptors (Lipinski definition) is 6. The van der Waals surface area contributed by atoms with E-state index >= 15 is 0 Å². The van der Waals surface area contributed by atoms with Crippen molar-refractivity contribution in [3.8, 4) is 5.75 Å². The average Bonchev–Trinajstić information content (AvgIpc) is 2.73. The maximum absolute atomic E-state index is 12.5. The third-order valence-electron chi connectivity index (χ3n) is 5.22. The fourth-order valence-corrected chi connectivity index (χ4v) is 4.68. The van der Waals surface area contributed by atoms with Crippen LogP contribution in [0.2, 0.25) is 0 Å². The number of hydrogen-bond donors (Lipinski definition) is 1. The molecule has 1 heterocycles. The molecule has 8 nitrogen and oxygen atoms in total. The first kappa shape index (κ1) is 22.2. The average molecular weight is 434 g/mol. The standard InChI is InChI=1S/C21H27N3O5S/c1-17-8-10-19(11-9-17)30(27,28)22-15-18-5-4-12-23(16-18)13-14-29-21-7-3-2-6-20(21)24(25)26/h2-3,6-11,18,22H,4-5,12-16H2,1H3. The summed E-state index contributed by atoms with van der Waals surface area (Å²) in [6.45, 7) is 4.94. The SMILES string of the molecule is Cc1ccc(S(=O)(=O)NCC2CCCN(CCOc3ccccc3[N+](=O)[O-])C2)cc1. The highest BCUT2D eigenvalue weighted by atomic mass is 32.2. The summed E-state index contributed by atoms with van der Waals surface area (Å²) in [5, 5.41) is 11.1. The van der Waals surface area contributed by atoms with E-state index in [0.29, 0.717) is 19.7 Å². The number of rotatable bonds is 9. The zero-order valence-corrected chi connectivity index (χ0v) is 17.8.